The van der Waals surface area contributed by atoms with Crippen LogP contribution in [0.4, 0.5) is 0 Å². The van der Waals surface area contributed by atoms with E-state index in [1.165, 1.54) is 6.33 Å². The molecule has 0 aromatic carbocycles. The number of hydrogen-bond acceptors (Lipinski definition) is 5. The molecule has 3 N–H and O–H groups in total. The molecule has 6 heteroatoms. The Kier molecular flexibility index (Phi) is 2.33. The molecule has 0 aliphatic heterocycles. The number of hydrogen-bond donors (Lipinski definition) is 2. The quantitative estimate of drug-likeness (QED) is 0.744. The molecule has 0 aliphatic carbocycles. The molecule has 2 heterocycles. The van der Waals surface area contributed by atoms with E-state index in [1.54, 1.807) is 11.3 Å². The minimum Gasteiger partial charge on any atom is -0.330 e. The van der Waals surface area contributed by atoms with Crippen molar-refractivity contribution in [1.29, 1.82) is 0 Å². The summed E-state index contributed by atoms with van der Waals surface area (Å²) in [4.78, 5) is 8.36. The predicted octanol–water partition coefficient (Wildman–Crippen LogP) is 0.429. The van der Waals surface area contributed by atoms with Crippen LogP contribution in [0, 0.1) is 0 Å². The van der Waals surface area contributed by atoms with E-state index in [9.17, 15) is 0 Å². The lowest BCUT2D eigenvalue weighted by Crippen LogP contribution is -2.02. The largest absolute Gasteiger partial charge is 0.330 e. The molecule has 0 spiro atoms. The van der Waals surface area contributed by atoms with Gasteiger partial charge in [0.05, 0.1) is 5.69 Å². The number of nitrogens with zero attached hydrogens (tertiary/aromatic N) is 3. The lowest BCUT2D eigenvalue weighted by Gasteiger charge is -1.88. The maximum absolute atomic E-state index is 5.42. The van der Waals surface area contributed by atoms with Crippen molar-refractivity contribution < 1.29 is 0 Å². The second-order valence-electron chi connectivity index (χ2n) is 2.52. The van der Waals surface area contributed by atoms with E-state index in [0.29, 0.717) is 12.4 Å². The van der Waals surface area contributed by atoms with Crippen LogP contribution in [0.25, 0.3) is 10.8 Å². The fourth-order valence-electron chi connectivity index (χ4n) is 0.987. The molecule has 0 fully saturated rings. The van der Waals surface area contributed by atoms with E-state index in [-0.39, 0.29) is 0 Å². The van der Waals surface area contributed by atoms with Crippen molar-refractivity contribution in [1.82, 2.24) is 20.2 Å². The molecule has 2 aromatic heterocycles. The Morgan fingerprint density at radius 1 is 1.54 bits per heavy atom. The second kappa shape index (κ2) is 3.63. The van der Waals surface area contributed by atoms with Crippen molar-refractivity contribution in [3.05, 3.63) is 17.4 Å². The molecule has 0 radical (unpaired) electrons. The van der Waals surface area contributed by atoms with Gasteiger partial charge in [-0.15, -0.1) is 11.3 Å². The summed E-state index contributed by atoms with van der Waals surface area (Å²) >= 11 is 1.55. The average molecular weight is 195 g/mol. The van der Waals surface area contributed by atoms with Crippen LogP contribution in [0.5, 0.6) is 0 Å². The van der Waals surface area contributed by atoms with Gasteiger partial charge in [-0.25, -0.2) is 9.97 Å². The highest BCUT2D eigenvalue weighted by atomic mass is 32.1. The third kappa shape index (κ3) is 1.73. The predicted molar refractivity (Wildman–Crippen MR) is 50.2 cm³/mol. The maximum atomic E-state index is 5.42. The average Bonchev–Trinajstić information content (AvgIpc) is 2.70. The Morgan fingerprint density at radius 2 is 2.46 bits per heavy atom. The molecule has 5 nitrogen and oxygen atoms in total. The van der Waals surface area contributed by atoms with Crippen molar-refractivity contribution in [3.8, 4) is 10.8 Å². The summed E-state index contributed by atoms with van der Waals surface area (Å²) in [6, 6.07) is 0. The second-order valence-corrected chi connectivity index (χ2v) is 3.37. The fourth-order valence-corrected chi connectivity index (χ4v) is 1.79. The first kappa shape index (κ1) is 8.33. The molecule has 2 rings (SSSR count). The maximum Gasteiger partial charge on any atom is 0.184 e. The minimum atomic E-state index is 0.625. The van der Waals surface area contributed by atoms with Crippen LogP contribution in [0.2, 0.25) is 0 Å². The number of thiazole rings is 1. The van der Waals surface area contributed by atoms with Gasteiger partial charge < -0.3 is 5.73 Å². The normalized spacial score (nSPS) is 10.5. The van der Waals surface area contributed by atoms with Gasteiger partial charge in [-0.1, -0.05) is 0 Å². The Hall–Kier alpha value is -1.27. The summed E-state index contributed by atoms with van der Waals surface area (Å²) < 4.78 is 0. The third-order valence-electron chi connectivity index (χ3n) is 1.57. The summed E-state index contributed by atoms with van der Waals surface area (Å²) in [6.07, 6.45) is 2.28. The Labute approximate surface area is 79.0 Å². The SMILES string of the molecule is NCCc1csc(-c2ncn[nH]2)n1. The van der Waals surface area contributed by atoms with Gasteiger partial charge in [0, 0.05) is 11.8 Å². The number of aromatic nitrogens is 4. The van der Waals surface area contributed by atoms with Crippen LogP contribution in [-0.2, 0) is 6.42 Å². The molecular formula is C7H9N5S. The van der Waals surface area contributed by atoms with E-state index >= 15 is 0 Å². The van der Waals surface area contributed by atoms with Gasteiger partial charge >= 0.3 is 0 Å². The van der Waals surface area contributed by atoms with Gasteiger partial charge in [-0.3, -0.25) is 5.10 Å². The third-order valence-corrected chi connectivity index (χ3v) is 2.47. The fraction of sp³-hybridized carbons (Fsp3) is 0.286. The number of rotatable bonds is 3. The van der Waals surface area contributed by atoms with E-state index in [1.807, 2.05) is 5.38 Å². The van der Waals surface area contributed by atoms with Crippen LogP contribution in [0.1, 0.15) is 5.69 Å². The molecule has 2 aromatic rings. The van der Waals surface area contributed by atoms with Crippen LogP contribution >= 0.6 is 11.3 Å². The van der Waals surface area contributed by atoms with Gasteiger partial charge in [-0.2, -0.15) is 5.10 Å². The number of nitrogens with two attached hydrogens (primary N) is 1. The van der Waals surface area contributed by atoms with Crippen LogP contribution in [-0.4, -0.2) is 26.7 Å². The standard InChI is InChI=1S/C7H9N5S/c8-2-1-5-3-13-7(11-5)6-9-4-10-12-6/h3-4H,1-2,8H2,(H,9,10,12). The van der Waals surface area contributed by atoms with Crippen LogP contribution < -0.4 is 5.73 Å². The van der Waals surface area contributed by atoms with Gasteiger partial charge in [-0.05, 0) is 6.54 Å². The van der Waals surface area contributed by atoms with Gasteiger partial charge in [0.15, 0.2) is 10.8 Å². The van der Waals surface area contributed by atoms with E-state index in [4.69, 9.17) is 5.73 Å². The molecule has 0 saturated carbocycles. The Balaban J connectivity index is 2.23. The highest BCUT2D eigenvalue weighted by Gasteiger charge is 2.05. The zero-order valence-corrected chi connectivity index (χ0v) is 7.71. The highest BCUT2D eigenvalue weighted by Crippen LogP contribution is 2.19. The molecule has 0 bridgehead atoms. The van der Waals surface area contributed by atoms with E-state index < -0.39 is 0 Å². The zero-order valence-electron chi connectivity index (χ0n) is 6.90. The smallest absolute Gasteiger partial charge is 0.184 e. The van der Waals surface area contributed by atoms with Crippen molar-refractivity contribution >= 4 is 11.3 Å². The van der Waals surface area contributed by atoms with Crippen molar-refractivity contribution in [2.75, 3.05) is 6.54 Å². The van der Waals surface area contributed by atoms with Crippen molar-refractivity contribution in [2.45, 2.75) is 6.42 Å². The number of nitrogens with one attached hydrogen (secondary N) is 1. The lowest BCUT2D eigenvalue weighted by molar-refractivity contribution is 0.934. The topological polar surface area (TPSA) is 80.5 Å². The van der Waals surface area contributed by atoms with Gasteiger partial charge in [0.25, 0.3) is 0 Å². The summed E-state index contributed by atoms with van der Waals surface area (Å²) in [5.74, 6) is 0.716. The summed E-state index contributed by atoms with van der Waals surface area (Å²) in [7, 11) is 0. The first-order valence-corrected chi connectivity index (χ1v) is 4.78. The summed E-state index contributed by atoms with van der Waals surface area (Å²) in [6.45, 7) is 0.625. The van der Waals surface area contributed by atoms with Crippen molar-refractivity contribution in [2.24, 2.45) is 5.73 Å². The number of H-pyrrole nitrogens is 1. The van der Waals surface area contributed by atoms with Crippen LogP contribution in [0.15, 0.2) is 11.7 Å². The molecule has 0 atom stereocenters. The highest BCUT2D eigenvalue weighted by molar-refractivity contribution is 7.13. The Morgan fingerprint density at radius 3 is 3.15 bits per heavy atom. The monoisotopic (exact) mass is 195 g/mol. The summed E-state index contributed by atoms with van der Waals surface area (Å²) in [5, 5.41) is 9.38. The zero-order chi connectivity index (χ0) is 9.10. The Bertz CT molecular complexity index is 366. The van der Waals surface area contributed by atoms with E-state index in [0.717, 1.165) is 17.1 Å². The lowest BCUT2D eigenvalue weighted by atomic mass is 10.3. The molecule has 13 heavy (non-hydrogen) atoms. The van der Waals surface area contributed by atoms with Gasteiger partial charge in [0.2, 0.25) is 0 Å². The minimum absolute atomic E-state index is 0.625. The molecule has 0 unspecified atom stereocenters. The molecule has 68 valence electrons. The first-order chi connectivity index (χ1) is 6.40. The van der Waals surface area contributed by atoms with E-state index in [2.05, 4.69) is 20.2 Å². The molecule has 0 saturated heterocycles. The van der Waals surface area contributed by atoms with Crippen molar-refractivity contribution in [3.63, 3.8) is 0 Å². The molecule has 0 amide bonds. The van der Waals surface area contributed by atoms with Gasteiger partial charge in [0.1, 0.15) is 6.33 Å². The summed E-state index contributed by atoms with van der Waals surface area (Å²) in [5.41, 5.74) is 6.43. The molecule has 0 aliphatic rings. The van der Waals surface area contributed by atoms with Crippen LogP contribution in [0.3, 0.4) is 0 Å². The number of aromatic amines is 1. The first-order valence-electron chi connectivity index (χ1n) is 3.90. The molecular weight excluding hydrogens is 186 g/mol.